The third-order valence-electron chi connectivity index (χ3n) is 8.62. The van der Waals surface area contributed by atoms with Crippen molar-refractivity contribution in [1.82, 2.24) is 0 Å². The molecule has 0 bridgehead atoms. The normalized spacial score (nSPS) is 9.28. The van der Waals surface area contributed by atoms with Crippen LogP contribution in [0.2, 0.25) is 0 Å². The van der Waals surface area contributed by atoms with E-state index < -0.39 is 0 Å². The van der Waals surface area contributed by atoms with Gasteiger partial charge in [0.25, 0.3) is 0 Å². The lowest BCUT2D eigenvalue weighted by Crippen LogP contribution is -1.53. The molecule has 0 fully saturated rings. The number of thiophene rings is 6. The lowest BCUT2D eigenvalue weighted by Gasteiger charge is -1.76. The number of aryl methyl sites for hydroxylation is 17. The van der Waals surface area contributed by atoms with Crippen LogP contribution in [0.1, 0.15) is 91.4 Å². The molecular weight excluding hydrogens is 1160 g/mol. The number of furan rings is 5. The quantitative estimate of drug-likeness (QED) is 0.151. The van der Waals surface area contributed by atoms with Gasteiger partial charge < -0.3 is 22.1 Å². The molecule has 0 spiro atoms. The van der Waals surface area contributed by atoms with Crippen LogP contribution in [0, 0.1) is 118 Å². The molecule has 0 atom stereocenters. The Kier molecular flexibility index (Phi) is 36.4. The van der Waals surface area contributed by atoms with Gasteiger partial charge in [0, 0.05) is 33.7 Å². The van der Waals surface area contributed by atoms with E-state index in [-0.39, 0.29) is 0 Å². The van der Waals surface area contributed by atoms with Gasteiger partial charge in [-0.05, 0) is 295 Å². The highest BCUT2D eigenvalue weighted by Gasteiger charge is 1.97. The van der Waals surface area contributed by atoms with Gasteiger partial charge in [-0.25, -0.2) is 0 Å². The number of hydrogen-bond donors (Lipinski definition) is 0. The lowest BCUT2D eigenvalue weighted by molar-refractivity contribution is 0.504. The Morgan fingerprint density at radius 2 is 0.905 bits per heavy atom. The minimum atomic E-state index is 0.968. The molecule has 0 radical (unpaired) electrons. The molecule has 74 heavy (non-hydrogen) atoms. The van der Waals surface area contributed by atoms with E-state index in [1.165, 1.54) is 66.4 Å². The zero-order valence-electron chi connectivity index (χ0n) is 46.2. The number of rotatable bonds is 0. The van der Waals surface area contributed by atoms with Gasteiger partial charge in [0.2, 0.25) is 0 Å². The van der Waals surface area contributed by atoms with Crippen molar-refractivity contribution in [2.75, 3.05) is 0 Å². The van der Waals surface area contributed by atoms with Crippen molar-refractivity contribution >= 4 is 99.9 Å². The maximum Gasteiger partial charge on any atom is 0.101 e. The van der Waals surface area contributed by atoms with Gasteiger partial charge in [-0.1, -0.05) is 6.07 Å². The first kappa shape index (κ1) is 67.6. The van der Waals surface area contributed by atoms with Crippen LogP contribution in [0.3, 0.4) is 0 Å². The first-order valence-corrected chi connectivity index (χ1v) is 30.3. The summed E-state index contributed by atoms with van der Waals surface area (Å²) in [7, 11) is 0. The van der Waals surface area contributed by atoms with Crippen molar-refractivity contribution < 1.29 is 22.1 Å². The Morgan fingerprint density at radius 1 is 0.351 bits per heavy atom. The van der Waals surface area contributed by atoms with Crippen molar-refractivity contribution in [1.29, 1.82) is 0 Å². The van der Waals surface area contributed by atoms with Crippen molar-refractivity contribution in [3.63, 3.8) is 0 Å². The van der Waals surface area contributed by atoms with Gasteiger partial charge in [-0.2, -0.15) is 11.3 Å². The Morgan fingerprint density at radius 3 is 1.03 bits per heavy atom. The van der Waals surface area contributed by atoms with E-state index in [2.05, 4.69) is 170 Å². The van der Waals surface area contributed by atoms with Crippen LogP contribution in [0.5, 0.6) is 0 Å². The average Bonchev–Trinajstić information content (AvgIpc) is 4.15. The van der Waals surface area contributed by atoms with Crippen LogP contribution in [-0.4, -0.2) is 0 Å². The SMILES string of the molecule is Cc1cc(Br)c(Br)s1.Cc1ccc(C)o1.Cc1ccc(C)s1.Cc1ccco1.Cc1cccs1.Cc1ccoc1.Cc1ccsc1.Cc1coc(C)c1.Cc1coc(C)c1.Cc1csc(C)c1.Cc1csc(C)c1. The molecule has 0 aliphatic rings. The van der Waals surface area contributed by atoms with Crippen LogP contribution in [-0.2, 0) is 0 Å². The van der Waals surface area contributed by atoms with Crippen LogP contribution >= 0.6 is 99.9 Å². The number of halogens is 2. The molecule has 0 amide bonds. The average molecular weight is 1240 g/mol. The molecular formula is C61H76Br2O5S6. The molecule has 11 rings (SSSR count). The molecule has 0 aromatic carbocycles. The summed E-state index contributed by atoms with van der Waals surface area (Å²) in [6, 6.07) is 30.6. The van der Waals surface area contributed by atoms with E-state index in [1.54, 1.807) is 88.0 Å². The zero-order valence-corrected chi connectivity index (χ0v) is 54.3. The summed E-state index contributed by atoms with van der Waals surface area (Å²) < 4.78 is 26.9. The molecule has 5 nitrogen and oxygen atoms in total. The van der Waals surface area contributed by atoms with Gasteiger partial charge in [0.05, 0.1) is 35.1 Å². The van der Waals surface area contributed by atoms with E-state index >= 15 is 0 Å². The van der Waals surface area contributed by atoms with Gasteiger partial charge in [-0.3, -0.25) is 0 Å². The summed E-state index contributed by atoms with van der Waals surface area (Å²) in [5.41, 5.74) is 7.68. The second-order valence-electron chi connectivity index (χ2n) is 16.8. The maximum atomic E-state index is 5.08. The number of hydrogen-bond acceptors (Lipinski definition) is 11. The molecule has 0 aliphatic carbocycles. The summed E-state index contributed by atoms with van der Waals surface area (Å²) in [6.07, 6.45) is 8.52. The van der Waals surface area contributed by atoms with E-state index in [1.807, 2.05) is 109 Å². The Hall–Kier alpha value is -4.44. The molecule has 11 aromatic heterocycles. The predicted octanol–water partition coefficient (Wildman–Crippen LogP) is 23.7. The van der Waals surface area contributed by atoms with Gasteiger partial charge in [-0.15, -0.1) is 56.7 Å². The predicted molar refractivity (Wildman–Crippen MR) is 335 cm³/mol. The summed E-state index contributed by atoms with van der Waals surface area (Å²) >= 11 is 17.5. The fraction of sp³-hybridized carbons (Fsp3) is 0.279. The van der Waals surface area contributed by atoms with Gasteiger partial charge >= 0.3 is 0 Å². The van der Waals surface area contributed by atoms with Crippen LogP contribution in [0.15, 0.2) is 180 Å². The highest BCUT2D eigenvalue weighted by Crippen LogP contribution is 2.31. The van der Waals surface area contributed by atoms with Crippen molar-refractivity contribution in [3.8, 4) is 0 Å². The second-order valence-corrected chi connectivity index (χ2v) is 25.9. The Balaban J connectivity index is 0.000000407. The molecule has 0 N–H and O–H groups in total. The molecule has 0 aliphatic heterocycles. The van der Waals surface area contributed by atoms with Gasteiger partial charge in [0.1, 0.15) is 28.8 Å². The van der Waals surface area contributed by atoms with Crippen LogP contribution < -0.4 is 0 Å². The highest BCUT2D eigenvalue weighted by molar-refractivity contribution is 9.13. The van der Waals surface area contributed by atoms with Crippen molar-refractivity contribution in [2.24, 2.45) is 0 Å². The smallest absolute Gasteiger partial charge is 0.101 e. The molecule has 11 aromatic rings. The first-order valence-electron chi connectivity index (χ1n) is 23.5. The molecule has 400 valence electrons. The molecule has 0 saturated carbocycles. The fourth-order valence-electron chi connectivity index (χ4n) is 5.25. The second kappa shape index (κ2) is 39.9. The largest absolute Gasteiger partial charge is 0.472 e. The summed E-state index contributed by atoms with van der Waals surface area (Å²) in [4.78, 5) is 8.31. The zero-order chi connectivity index (χ0) is 55.4. The van der Waals surface area contributed by atoms with E-state index in [0.717, 1.165) is 33.3 Å². The van der Waals surface area contributed by atoms with Crippen molar-refractivity contribution in [3.05, 3.63) is 249 Å². The minimum absolute atomic E-state index is 0.968. The highest BCUT2D eigenvalue weighted by atomic mass is 79.9. The Labute approximate surface area is 484 Å². The first-order chi connectivity index (χ1) is 35.0. The fourth-order valence-corrected chi connectivity index (χ4v) is 10.8. The maximum absolute atomic E-state index is 5.08. The Bertz CT molecular complexity index is 2400. The minimum Gasteiger partial charge on any atom is -0.472 e. The lowest BCUT2D eigenvalue weighted by atomic mass is 10.4. The molecule has 13 heteroatoms. The molecule has 11 heterocycles. The summed E-state index contributed by atoms with van der Waals surface area (Å²) in [5.74, 6) is 4.90. The summed E-state index contributed by atoms with van der Waals surface area (Å²) in [6.45, 7) is 34.7. The van der Waals surface area contributed by atoms with Crippen molar-refractivity contribution in [2.45, 2.75) is 118 Å². The van der Waals surface area contributed by atoms with E-state index in [9.17, 15) is 0 Å². The van der Waals surface area contributed by atoms with Crippen LogP contribution in [0.4, 0.5) is 0 Å². The topological polar surface area (TPSA) is 65.7 Å². The molecule has 0 unspecified atom stereocenters. The third-order valence-corrected chi connectivity index (χ3v) is 16.3. The van der Waals surface area contributed by atoms with Gasteiger partial charge in [0.15, 0.2) is 0 Å². The standard InChI is InChI=1S/3C6H8O.3C6H8S.C5H4Br2S.2C5H6O.2C5H6S/c2*1-5-3-6(2)7-4-5;1-5-3-4-6(2)7-5;2*1-5-3-6(2)7-4-5;1-5-3-4-6(2)7-5;1-3-2-4(6)5(7)8-3;1-5-2-3-6-4-5;1-5-3-2-4-6-5;1-5-2-3-6-4-5;1-5-3-2-4-6-5/h6*3-4H,1-2H3;2H,1H3;4*2-4H,1H3. The van der Waals surface area contributed by atoms with Crippen LogP contribution in [0.25, 0.3) is 0 Å². The summed E-state index contributed by atoms with van der Waals surface area (Å²) in [5, 5.41) is 10.6. The third kappa shape index (κ3) is 37.3. The monoisotopic (exact) mass is 1240 g/mol. The van der Waals surface area contributed by atoms with E-state index in [0.29, 0.717) is 0 Å². The molecule has 0 saturated heterocycles. The van der Waals surface area contributed by atoms with E-state index in [4.69, 9.17) is 22.1 Å².